The van der Waals surface area contributed by atoms with Crippen LogP contribution in [-0.4, -0.2) is 24.5 Å². The van der Waals surface area contributed by atoms with Crippen molar-refractivity contribution >= 4 is 38.7 Å². The quantitative estimate of drug-likeness (QED) is 0.153. The fourth-order valence-electron chi connectivity index (χ4n) is 3.79. The molecule has 4 N–H and O–H groups in total. The van der Waals surface area contributed by atoms with E-state index >= 15 is 0 Å². The Morgan fingerprint density at radius 3 is 1.70 bits per heavy atom. The zero-order valence-electron chi connectivity index (χ0n) is 19.5. The number of carbonyl (C=O) groups excluding carboxylic acids is 2. The Balaban J connectivity index is 0.00000253. The number of carbonyl (C=O) groups is 2. The monoisotopic (exact) mass is 554 g/mol. The molecule has 4 rings (SSSR count). The molecular formula is C22H13F6N2NaO5S. The van der Waals surface area contributed by atoms with Crippen LogP contribution in [0.4, 0.5) is 43.4 Å². The molecule has 0 heterocycles. The molecule has 3 aromatic rings. The summed E-state index contributed by atoms with van der Waals surface area (Å²) in [6, 6.07) is 6.32. The van der Waals surface area contributed by atoms with Gasteiger partial charge in [0.2, 0.25) is 0 Å². The summed E-state index contributed by atoms with van der Waals surface area (Å²) in [6.07, 6.45) is -10.4. The predicted molar refractivity (Wildman–Crippen MR) is 115 cm³/mol. The molecule has 0 amide bonds. The third kappa shape index (κ3) is 5.25. The number of anilines is 3. The summed E-state index contributed by atoms with van der Waals surface area (Å²) in [6.45, 7) is 0. The molecule has 7 nitrogen and oxygen atoms in total. The smallest absolute Gasteiger partial charge is 1.00 e. The van der Waals surface area contributed by atoms with Crippen LogP contribution in [0.25, 0.3) is 0 Å². The van der Waals surface area contributed by atoms with Crippen LogP contribution in [0.2, 0.25) is 0 Å². The Kier molecular flexibility index (Phi) is 7.31. The minimum absolute atomic E-state index is 0. The molecule has 0 aromatic heterocycles. The van der Waals surface area contributed by atoms with Gasteiger partial charge in [0.15, 0.2) is 11.6 Å². The third-order valence-electron chi connectivity index (χ3n) is 5.34. The van der Waals surface area contributed by atoms with Gasteiger partial charge in [-0.05, 0) is 24.3 Å². The first-order chi connectivity index (χ1) is 16.5. The fourth-order valence-corrected chi connectivity index (χ4v) is 4.44. The van der Waals surface area contributed by atoms with Crippen LogP contribution in [0, 0.1) is 0 Å². The standard InChI is InChI=1S/C22H12F6N2O5S.Na.H/c23-21(24,25)9-5-10(22(26,27)28)7-11(6-9)30-14-8-15(36(33,34)35)18(29)17-16(14)19(31)12-3-1-2-4-13(12)20(17)32;;/h1-8,30H,29H2,(H,33,34,35);;/q;+1;-1. The van der Waals surface area contributed by atoms with Gasteiger partial charge in [0.05, 0.1) is 33.6 Å². The number of nitrogens with two attached hydrogens (primary N) is 1. The Labute approximate surface area is 228 Å². The number of nitrogen functional groups attached to an aromatic ring is 1. The fraction of sp³-hybridized carbons (Fsp3) is 0.0909. The summed E-state index contributed by atoms with van der Waals surface area (Å²) in [7, 11) is -5.15. The molecule has 0 spiro atoms. The third-order valence-corrected chi connectivity index (χ3v) is 6.24. The Hall–Kier alpha value is -2.91. The average Bonchev–Trinajstić information content (AvgIpc) is 2.76. The number of alkyl halides is 6. The minimum atomic E-state index is -5.19. The molecule has 0 fully saturated rings. The van der Waals surface area contributed by atoms with Crippen LogP contribution in [-0.2, 0) is 22.5 Å². The van der Waals surface area contributed by atoms with E-state index in [2.05, 4.69) is 5.32 Å². The predicted octanol–water partition coefficient (Wildman–Crippen LogP) is 2.19. The molecule has 0 saturated carbocycles. The number of fused-ring (bicyclic) bond motifs is 2. The number of benzene rings is 3. The normalized spacial score (nSPS) is 13.5. The maximum absolute atomic E-state index is 13.3. The number of hydrogen-bond acceptors (Lipinski definition) is 6. The number of ketones is 2. The van der Waals surface area contributed by atoms with Gasteiger partial charge in [0, 0.05) is 16.8 Å². The van der Waals surface area contributed by atoms with Crippen LogP contribution < -0.4 is 40.6 Å². The Morgan fingerprint density at radius 1 is 0.811 bits per heavy atom. The molecule has 0 unspecified atom stereocenters. The van der Waals surface area contributed by atoms with E-state index in [0.29, 0.717) is 18.2 Å². The number of halogens is 6. The van der Waals surface area contributed by atoms with Crippen LogP contribution in [0.15, 0.2) is 53.4 Å². The van der Waals surface area contributed by atoms with Gasteiger partial charge >= 0.3 is 41.9 Å². The molecule has 37 heavy (non-hydrogen) atoms. The first kappa shape index (κ1) is 28.7. The Bertz CT molecular complexity index is 1540. The maximum Gasteiger partial charge on any atom is 1.00 e. The van der Waals surface area contributed by atoms with E-state index < -0.39 is 78.2 Å². The SMILES string of the molecule is Nc1c(S(=O)(=O)O)cc(Nc2cc(C(F)(F)F)cc(C(F)(F)F)c2)c2c1C(=O)c1ccccc1C2=O.[H-].[Na+]. The van der Waals surface area contributed by atoms with Gasteiger partial charge in [-0.25, -0.2) is 0 Å². The van der Waals surface area contributed by atoms with Gasteiger partial charge in [-0.2, -0.15) is 34.8 Å². The van der Waals surface area contributed by atoms with Crippen LogP contribution in [0.5, 0.6) is 0 Å². The van der Waals surface area contributed by atoms with Gasteiger partial charge in [0.25, 0.3) is 10.1 Å². The molecule has 0 saturated heterocycles. The van der Waals surface area contributed by atoms with Gasteiger partial charge in [-0.1, -0.05) is 24.3 Å². The van der Waals surface area contributed by atoms with Crippen molar-refractivity contribution in [2.24, 2.45) is 0 Å². The van der Waals surface area contributed by atoms with E-state index in [9.17, 15) is 48.9 Å². The van der Waals surface area contributed by atoms with E-state index in [4.69, 9.17) is 5.73 Å². The van der Waals surface area contributed by atoms with Crippen molar-refractivity contribution in [3.63, 3.8) is 0 Å². The van der Waals surface area contributed by atoms with Gasteiger partial charge in [0.1, 0.15) is 4.90 Å². The van der Waals surface area contributed by atoms with E-state index in [1.807, 2.05) is 0 Å². The van der Waals surface area contributed by atoms with Crippen molar-refractivity contribution in [3.8, 4) is 0 Å². The largest absolute Gasteiger partial charge is 1.00 e. The van der Waals surface area contributed by atoms with Crippen molar-refractivity contribution < 1.29 is 79.9 Å². The average molecular weight is 554 g/mol. The molecule has 0 bridgehead atoms. The zero-order valence-corrected chi connectivity index (χ0v) is 21.3. The molecule has 190 valence electrons. The molecule has 1 aliphatic rings. The van der Waals surface area contributed by atoms with Gasteiger partial charge in [-0.3, -0.25) is 14.1 Å². The number of rotatable bonds is 3. The zero-order chi connectivity index (χ0) is 26.8. The van der Waals surface area contributed by atoms with Crippen molar-refractivity contribution in [2.45, 2.75) is 17.2 Å². The summed E-state index contributed by atoms with van der Waals surface area (Å²) < 4.78 is 113. The summed E-state index contributed by atoms with van der Waals surface area (Å²) in [5.41, 5.74) is -1.49. The minimum Gasteiger partial charge on any atom is -1.00 e. The molecule has 15 heteroatoms. The van der Waals surface area contributed by atoms with E-state index in [1.165, 1.54) is 24.3 Å². The van der Waals surface area contributed by atoms with E-state index in [1.54, 1.807) is 0 Å². The number of nitrogens with one attached hydrogen (secondary N) is 1. The van der Waals surface area contributed by atoms with Crippen LogP contribution in [0.1, 0.15) is 44.4 Å². The topological polar surface area (TPSA) is 127 Å². The summed E-state index contributed by atoms with van der Waals surface area (Å²) in [5, 5.41) is 2.17. The van der Waals surface area contributed by atoms with Gasteiger partial charge < -0.3 is 12.5 Å². The Morgan fingerprint density at radius 2 is 1.27 bits per heavy atom. The molecule has 0 aliphatic heterocycles. The summed E-state index contributed by atoms with van der Waals surface area (Å²) >= 11 is 0. The second-order valence-corrected chi connectivity index (χ2v) is 9.07. The van der Waals surface area contributed by atoms with Crippen molar-refractivity contribution in [1.29, 1.82) is 0 Å². The molecule has 3 aromatic carbocycles. The summed E-state index contributed by atoms with van der Waals surface area (Å²) in [4.78, 5) is 25.2. The molecule has 0 atom stereocenters. The van der Waals surface area contributed by atoms with Crippen molar-refractivity contribution in [2.75, 3.05) is 11.1 Å². The first-order valence-corrected chi connectivity index (χ1v) is 11.1. The van der Waals surface area contributed by atoms with Crippen molar-refractivity contribution in [3.05, 3.63) is 81.9 Å². The molecular weight excluding hydrogens is 541 g/mol. The first-order valence-electron chi connectivity index (χ1n) is 9.69. The molecule has 0 radical (unpaired) electrons. The number of hydrogen-bond donors (Lipinski definition) is 3. The van der Waals surface area contributed by atoms with Crippen LogP contribution in [0.3, 0.4) is 0 Å². The maximum atomic E-state index is 13.3. The van der Waals surface area contributed by atoms with E-state index in [0.717, 1.165) is 0 Å². The second kappa shape index (κ2) is 9.44. The molecule has 1 aliphatic carbocycles. The van der Waals surface area contributed by atoms with Gasteiger partial charge in [-0.15, -0.1) is 0 Å². The second-order valence-electron chi connectivity index (χ2n) is 7.68. The van der Waals surface area contributed by atoms with Crippen molar-refractivity contribution in [1.82, 2.24) is 0 Å². The van der Waals surface area contributed by atoms with Crippen LogP contribution >= 0.6 is 0 Å². The van der Waals surface area contributed by atoms with E-state index in [-0.39, 0.29) is 48.2 Å². The summed E-state index contributed by atoms with van der Waals surface area (Å²) in [5.74, 6) is -1.84.